The van der Waals surface area contributed by atoms with E-state index in [2.05, 4.69) is 10.3 Å². The molecule has 0 fully saturated rings. The zero-order valence-electron chi connectivity index (χ0n) is 14.0. The van der Waals surface area contributed by atoms with Crippen molar-refractivity contribution in [2.75, 3.05) is 0 Å². The van der Waals surface area contributed by atoms with Gasteiger partial charge in [0.05, 0.1) is 25.0 Å². The van der Waals surface area contributed by atoms with Crippen molar-refractivity contribution in [3.8, 4) is 0 Å². The number of nitrogens with zero attached hydrogens (tertiary/aromatic N) is 4. The summed E-state index contributed by atoms with van der Waals surface area (Å²) in [6.07, 6.45) is 1.52. The van der Waals surface area contributed by atoms with Crippen LogP contribution in [0.4, 0.5) is 13.2 Å². The maximum Gasteiger partial charge on any atom is 0.224 e. The van der Waals surface area contributed by atoms with Crippen molar-refractivity contribution in [1.82, 2.24) is 19.9 Å². The lowest BCUT2D eigenvalue weighted by Gasteiger charge is -2.34. The van der Waals surface area contributed by atoms with Gasteiger partial charge < -0.3 is 10.6 Å². The Balaban J connectivity index is 0.00000243. The van der Waals surface area contributed by atoms with Gasteiger partial charge in [-0.2, -0.15) is 0 Å². The van der Waals surface area contributed by atoms with Crippen LogP contribution in [-0.4, -0.2) is 37.9 Å². The molecule has 2 N–H and O–H groups in total. The van der Waals surface area contributed by atoms with Crippen LogP contribution in [0, 0.1) is 17.5 Å². The van der Waals surface area contributed by atoms with Crippen LogP contribution < -0.4 is 5.73 Å². The van der Waals surface area contributed by atoms with Gasteiger partial charge in [-0.05, 0) is 25.0 Å². The number of fused-ring (bicyclic) bond motifs is 1. The van der Waals surface area contributed by atoms with Gasteiger partial charge in [0.1, 0.15) is 5.82 Å². The molecule has 0 saturated carbocycles. The standard InChI is InChI=1S/C16H18F3N5O.ClH/c1-9-7-24-12(6-21-22-24)8-23(9)16(25)4-11(20)2-10-3-14(18)15(19)5-13(10)17;/h3,5-6,9,11H,2,4,7-8,20H2,1H3;1H/t9?,11-;/m1./s1. The van der Waals surface area contributed by atoms with Gasteiger partial charge in [0, 0.05) is 24.6 Å². The molecule has 1 amide bonds. The van der Waals surface area contributed by atoms with E-state index in [0.29, 0.717) is 19.2 Å². The molecule has 2 aromatic rings. The molecule has 1 aliphatic heterocycles. The molecule has 0 saturated heterocycles. The second-order valence-corrected chi connectivity index (χ2v) is 6.30. The van der Waals surface area contributed by atoms with Gasteiger partial charge in [0.15, 0.2) is 11.6 Å². The second-order valence-electron chi connectivity index (χ2n) is 6.30. The smallest absolute Gasteiger partial charge is 0.224 e. The first-order chi connectivity index (χ1) is 11.8. The third-order valence-electron chi connectivity index (χ3n) is 4.33. The summed E-state index contributed by atoms with van der Waals surface area (Å²) >= 11 is 0. The van der Waals surface area contributed by atoms with Crippen LogP contribution in [0.3, 0.4) is 0 Å². The summed E-state index contributed by atoms with van der Waals surface area (Å²) < 4.78 is 41.7. The highest BCUT2D eigenvalue weighted by atomic mass is 35.5. The fourth-order valence-electron chi connectivity index (χ4n) is 2.98. The first kappa shape index (κ1) is 20.2. The van der Waals surface area contributed by atoms with Gasteiger partial charge in [-0.1, -0.05) is 5.21 Å². The van der Waals surface area contributed by atoms with E-state index in [1.165, 1.54) is 0 Å². The molecule has 26 heavy (non-hydrogen) atoms. The molecule has 0 spiro atoms. The molecule has 10 heteroatoms. The molecule has 0 aliphatic carbocycles. The largest absolute Gasteiger partial charge is 0.332 e. The highest BCUT2D eigenvalue weighted by Crippen LogP contribution is 2.19. The van der Waals surface area contributed by atoms with Crippen LogP contribution in [0.25, 0.3) is 0 Å². The van der Waals surface area contributed by atoms with E-state index in [0.717, 1.165) is 11.8 Å². The van der Waals surface area contributed by atoms with E-state index < -0.39 is 23.5 Å². The van der Waals surface area contributed by atoms with Gasteiger partial charge in [-0.3, -0.25) is 4.79 Å². The molecule has 142 valence electrons. The molecule has 2 atom stereocenters. The molecule has 0 bridgehead atoms. The number of carbonyl (C=O) groups excluding carboxylic acids is 1. The first-order valence-corrected chi connectivity index (χ1v) is 7.91. The third-order valence-corrected chi connectivity index (χ3v) is 4.33. The zero-order valence-corrected chi connectivity index (χ0v) is 14.8. The summed E-state index contributed by atoms with van der Waals surface area (Å²) in [7, 11) is 0. The molecule has 1 aromatic carbocycles. The van der Waals surface area contributed by atoms with Crippen molar-refractivity contribution in [2.45, 2.75) is 44.9 Å². The molecule has 1 aromatic heterocycles. The molecule has 3 rings (SSSR count). The lowest BCUT2D eigenvalue weighted by Crippen LogP contribution is -2.46. The lowest BCUT2D eigenvalue weighted by atomic mass is 10.0. The van der Waals surface area contributed by atoms with Crippen LogP contribution in [0.1, 0.15) is 24.6 Å². The van der Waals surface area contributed by atoms with Crippen LogP contribution in [0.5, 0.6) is 0 Å². The number of hydrogen-bond acceptors (Lipinski definition) is 4. The van der Waals surface area contributed by atoms with E-state index >= 15 is 0 Å². The maximum absolute atomic E-state index is 13.7. The second kappa shape index (κ2) is 8.05. The summed E-state index contributed by atoms with van der Waals surface area (Å²) in [6.45, 7) is 2.80. The fraction of sp³-hybridized carbons (Fsp3) is 0.438. The van der Waals surface area contributed by atoms with Crippen molar-refractivity contribution < 1.29 is 18.0 Å². The minimum atomic E-state index is -1.25. The Kier molecular flexibility index (Phi) is 6.25. The van der Waals surface area contributed by atoms with E-state index in [1.807, 2.05) is 6.92 Å². The molecule has 6 nitrogen and oxygen atoms in total. The number of amides is 1. The van der Waals surface area contributed by atoms with E-state index in [4.69, 9.17) is 5.73 Å². The highest BCUT2D eigenvalue weighted by Gasteiger charge is 2.28. The Morgan fingerprint density at radius 1 is 1.31 bits per heavy atom. The molecule has 1 aliphatic rings. The minimum absolute atomic E-state index is 0. The predicted molar refractivity (Wildman–Crippen MR) is 89.9 cm³/mol. The molecular weight excluding hydrogens is 371 g/mol. The Morgan fingerprint density at radius 2 is 2.00 bits per heavy atom. The Morgan fingerprint density at radius 3 is 2.73 bits per heavy atom. The predicted octanol–water partition coefficient (Wildman–Crippen LogP) is 1.81. The van der Waals surface area contributed by atoms with Gasteiger partial charge in [0.2, 0.25) is 5.91 Å². The lowest BCUT2D eigenvalue weighted by molar-refractivity contribution is -0.135. The third kappa shape index (κ3) is 4.16. The van der Waals surface area contributed by atoms with Crippen molar-refractivity contribution >= 4 is 18.3 Å². The monoisotopic (exact) mass is 389 g/mol. The number of rotatable bonds is 4. The quantitative estimate of drug-likeness (QED) is 0.809. The van der Waals surface area contributed by atoms with Crippen LogP contribution in [0.2, 0.25) is 0 Å². The number of aromatic nitrogens is 3. The van der Waals surface area contributed by atoms with E-state index in [1.54, 1.807) is 15.8 Å². The number of benzene rings is 1. The van der Waals surface area contributed by atoms with E-state index in [-0.39, 0.29) is 42.8 Å². The van der Waals surface area contributed by atoms with Crippen molar-refractivity contribution in [1.29, 1.82) is 0 Å². The van der Waals surface area contributed by atoms with Crippen LogP contribution in [-0.2, 0) is 24.3 Å². The van der Waals surface area contributed by atoms with Crippen LogP contribution >= 0.6 is 12.4 Å². The molecule has 1 unspecified atom stereocenters. The fourth-order valence-corrected chi connectivity index (χ4v) is 2.98. The first-order valence-electron chi connectivity index (χ1n) is 7.91. The van der Waals surface area contributed by atoms with Gasteiger partial charge >= 0.3 is 0 Å². The topological polar surface area (TPSA) is 77.0 Å². The van der Waals surface area contributed by atoms with Crippen molar-refractivity contribution in [3.05, 3.63) is 47.0 Å². The zero-order chi connectivity index (χ0) is 18.1. The average Bonchev–Trinajstić information content (AvgIpc) is 2.98. The van der Waals surface area contributed by atoms with E-state index in [9.17, 15) is 18.0 Å². The number of nitrogens with two attached hydrogens (primary N) is 1. The Bertz CT molecular complexity index is 800. The number of hydrogen-bond donors (Lipinski definition) is 1. The summed E-state index contributed by atoms with van der Waals surface area (Å²) in [5, 5.41) is 7.76. The number of halogens is 4. The van der Waals surface area contributed by atoms with Crippen molar-refractivity contribution in [3.63, 3.8) is 0 Å². The van der Waals surface area contributed by atoms with Crippen LogP contribution in [0.15, 0.2) is 18.3 Å². The van der Waals surface area contributed by atoms with Gasteiger partial charge in [0.25, 0.3) is 0 Å². The molecule has 2 heterocycles. The number of carbonyl (C=O) groups is 1. The van der Waals surface area contributed by atoms with Gasteiger partial charge in [-0.25, -0.2) is 17.9 Å². The summed E-state index contributed by atoms with van der Waals surface area (Å²) in [6, 6.07) is 0.487. The van der Waals surface area contributed by atoms with Crippen molar-refractivity contribution in [2.24, 2.45) is 5.73 Å². The summed E-state index contributed by atoms with van der Waals surface area (Å²) in [5.74, 6) is -3.45. The Labute approximate surface area is 154 Å². The summed E-state index contributed by atoms with van der Waals surface area (Å²) in [5.41, 5.74) is 6.71. The van der Waals surface area contributed by atoms with Gasteiger partial charge in [-0.15, -0.1) is 17.5 Å². The normalized spacial score (nSPS) is 17.4. The Hall–Kier alpha value is -2.13. The maximum atomic E-state index is 13.7. The molecule has 0 radical (unpaired) electrons. The SMILES string of the molecule is CC1Cn2nncc2CN1C(=O)C[C@H](N)Cc1cc(F)c(F)cc1F.Cl. The highest BCUT2D eigenvalue weighted by molar-refractivity contribution is 5.85. The average molecular weight is 390 g/mol. The minimum Gasteiger partial charge on any atom is -0.332 e. The molecular formula is C16H19ClF3N5O. The summed E-state index contributed by atoms with van der Waals surface area (Å²) in [4.78, 5) is 14.2.